The number of hydrogen-bond acceptors (Lipinski definition) is 4. The predicted octanol–water partition coefficient (Wildman–Crippen LogP) is 1.36. The Kier molecular flexibility index (Phi) is 2.74. The summed E-state index contributed by atoms with van der Waals surface area (Å²) in [4.78, 5) is 10.8. The standard InChI is InChI=1S/C13H12N2O3S/c16-7-9-2-1-3-10(6-9)13-11-8-19(17,18)5-4-12(11)14-15-13/h1-3,6-7H,4-5,8H2,(H,14,15). The van der Waals surface area contributed by atoms with Crippen LogP contribution in [-0.2, 0) is 22.0 Å². The molecule has 0 unspecified atom stereocenters. The summed E-state index contributed by atoms with van der Waals surface area (Å²) in [5, 5.41) is 7.10. The lowest BCUT2D eigenvalue weighted by atomic mass is 10.0. The van der Waals surface area contributed by atoms with Gasteiger partial charge in [-0.25, -0.2) is 8.42 Å². The Hall–Kier alpha value is -1.95. The molecule has 0 fully saturated rings. The van der Waals surface area contributed by atoms with Gasteiger partial charge in [-0.2, -0.15) is 5.10 Å². The van der Waals surface area contributed by atoms with Gasteiger partial charge in [0.15, 0.2) is 9.84 Å². The molecule has 0 amide bonds. The lowest BCUT2D eigenvalue weighted by Gasteiger charge is -2.12. The van der Waals surface area contributed by atoms with Gasteiger partial charge >= 0.3 is 0 Å². The first-order chi connectivity index (χ1) is 9.09. The van der Waals surface area contributed by atoms with Gasteiger partial charge in [0.05, 0.1) is 17.2 Å². The van der Waals surface area contributed by atoms with Crippen LogP contribution in [-0.4, -0.2) is 30.7 Å². The van der Waals surface area contributed by atoms with E-state index in [1.165, 1.54) is 0 Å². The molecule has 0 saturated heterocycles. The molecule has 1 N–H and O–H groups in total. The maximum Gasteiger partial charge on any atom is 0.154 e. The molecule has 1 aromatic carbocycles. The fourth-order valence-corrected chi connectivity index (χ4v) is 3.72. The number of aldehydes is 1. The molecule has 2 heterocycles. The molecule has 2 aromatic rings. The van der Waals surface area contributed by atoms with Crippen molar-refractivity contribution in [1.82, 2.24) is 10.2 Å². The van der Waals surface area contributed by atoms with Crippen LogP contribution in [0, 0.1) is 0 Å². The van der Waals surface area contributed by atoms with E-state index in [9.17, 15) is 13.2 Å². The van der Waals surface area contributed by atoms with Gasteiger partial charge in [-0.1, -0.05) is 18.2 Å². The van der Waals surface area contributed by atoms with Crippen LogP contribution in [0.25, 0.3) is 11.3 Å². The van der Waals surface area contributed by atoms with Gasteiger partial charge in [-0.3, -0.25) is 9.89 Å². The van der Waals surface area contributed by atoms with Crippen LogP contribution in [0.5, 0.6) is 0 Å². The summed E-state index contributed by atoms with van der Waals surface area (Å²) in [6, 6.07) is 7.00. The Morgan fingerprint density at radius 1 is 1.32 bits per heavy atom. The fraction of sp³-hybridized carbons (Fsp3) is 0.231. The number of aromatic nitrogens is 2. The summed E-state index contributed by atoms with van der Waals surface area (Å²) in [5.74, 6) is 0.176. The number of nitrogens with one attached hydrogen (secondary N) is 1. The second-order valence-electron chi connectivity index (χ2n) is 4.61. The number of carbonyl (C=O) groups excluding carboxylic acids is 1. The van der Waals surface area contributed by atoms with Gasteiger partial charge in [0, 0.05) is 28.8 Å². The topological polar surface area (TPSA) is 79.9 Å². The van der Waals surface area contributed by atoms with Gasteiger partial charge in [0.1, 0.15) is 6.29 Å². The van der Waals surface area contributed by atoms with E-state index in [-0.39, 0.29) is 11.5 Å². The third kappa shape index (κ3) is 2.19. The lowest BCUT2D eigenvalue weighted by molar-refractivity contribution is 0.112. The summed E-state index contributed by atoms with van der Waals surface area (Å²) in [6.07, 6.45) is 1.23. The zero-order chi connectivity index (χ0) is 13.5. The number of nitrogens with zero attached hydrogens (tertiary/aromatic N) is 1. The number of aromatic amines is 1. The van der Waals surface area contributed by atoms with Crippen molar-refractivity contribution in [2.24, 2.45) is 0 Å². The molecule has 6 heteroatoms. The smallest absolute Gasteiger partial charge is 0.154 e. The first-order valence-electron chi connectivity index (χ1n) is 5.91. The van der Waals surface area contributed by atoms with E-state index in [4.69, 9.17) is 0 Å². The maximum absolute atomic E-state index is 11.7. The minimum Gasteiger partial charge on any atom is -0.298 e. The minimum absolute atomic E-state index is 0.0134. The zero-order valence-corrected chi connectivity index (χ0v) is 10.9. The average molecular weight is 276 g/mol. The number of H-pyrrole nitrogens is 1. The summed E-state index contributed by atoms with van der Waals surface area (Å²) in [5.41, 5.74) is 3.55. The largest absolute Gasteiger partial charge is 0.298 e. The highest BCUT2D eigenvalue weighted by Gasteiger charge is 2.26. The van der Waals surface area contributed by atoms with Gasteiger partial charge in [0.2, 0.25) is 0 Å². The SMILES string of the molecule is O=Cc1cccc(-c2n[nH]c3c2CS(=O)(=O)CC3)c1. The van der Waals surface area contributed by atoms with Crippen molar-refractivity contribution in [1.29, 1.82) is 0 Å². The van der Waals surface area contributed by atoms with Gasteiger partial charge in [-0.15, -0.1) is 0 Å². The van der Waals surface area contributed by atoms with E-state index >= 15 is 0 Å². The van der Waals surface area contributed by atoms with Crippen molar-refractivity contribution >= 4 is 16.1 Å². The Morgan fingerprint density at radius 3 is 2.95 bits per heavy atom. The van der Waals surface area contributed by atoms with Gasteiger partial charge in [0.25, 0.3) is 0 Å². The van der Waals surface area contributed by atoms with Crippen LogP contribution < -0.4 is 0 Å². The van der Waals surface area contributed by atoms with Crippen LogP contribution >= 0.6 is 0 Å². The normalized spacial score (nSPS) is 16.8. The number of hydrogen-bond donors (Lipinski definition) is 1. The molecule has 1 aromatic heterocycles. The highest BCUT2D eigenvalue weighted by molar-refractivity contribution is 7.90. The first kappa shape index (κ1) is 12.1. The summed E-state index contributed by atoms with van der Waals surface area (Å²) in [6.45, 7) is 0. The summed E-state index contributed by atoms with van der Waals surface area (Å²) < 4.78 is 23.4. The van der Waals surface area contributed by atoms with E-state index in [0.717, 1.165) is 23.1 Å². The number of carbonyl (C=O) groups is 1. The molecule has 1 aliphatic rings. The third-order valence-electron chi connectivity index (χ3n) is 3.28. The van der Waals surface area contributed by atoms with E-state index in [2.05, 4.69) is 10.2 Å². The van der Waals surface area contributed by atoms with Crippen molar-refractivity contribution in [3.05, 3.63) is 41.1 Å². The highest BCUT2D eigenvalue weighted by atomic mass is 32.2. The number of sulfone groups is 1. The molecule has 0 atom stereocenters. The Bertz CT molecular complexity index is 747. The number of aryl methyl sites for hydroxylation is 1. The second-order valence-corrected chi connectivity index (χ2v) is 6.80. The molecule has 0 aliphatic carbocycles. The average Bonchev–Trinajstić information content (AvgIpc) is 2.80. The molecule has 0 spiro atoms. The minimum atomic E-state index is -3.04. The number of benzene rings is 1. The predicted molar refractivity (Wildman–Crippen MR) is 70.6 cm³/mol. The molecule has 98 valence electrons. The maximum atomic E-state index is 11.7. The van der Waals surface area contributed by atoms with Crippen molar-refractivity contribution in [3.8, 4) is 11.3 Å². The Balaban J connectivity index is 2.12. The van der Waals surface area contributed by atoms with E-state index in [0.29, 0.717) is 17.7 Å². The van der Waals surface area contributed by atoms with Crippen molar-refractivity contribution < 1.29 is 13.2 Å². The highest BCUT2D eigenvalue weighted by Crippen LogP contribution is 2.29. The molecule has 0 saturated carbocycles. The second kappa shape index (κ2) is 4.31. The van der Waals surface area contributed by atoms with Crippen molar-refractivity contribution in [2.45, 2.75) is 12.2 Å². The summed E-state index contributed by atoms with van der Waals surface area (Å²) in [7, 11) is -3.04. The Morgan fingerprint density at radius 2 is 2.16 bits per heavy atom. The van der Waals surface area contributed by atoms with E-state index in [1.807, 2.05) is 6.07 Å². The lowest BCUT2D eigenvalue weighted by Crippen LogP contribution is -2.18. The molecule has 3 rings (SSSR count). The number of fused-ring (bicyclic) bond motifs is 1. The zero-order valence-electron chi connectivity index (χ0n) is 10.1. The quantitative estimate of drug-likeness (QED) is 0.840. The van der Waals surface area contributed by atoms with E-state index < -0.39 is 9.84 Å². The molecule has 19 heavy (non-hydrogen) atoms. The van der Waals surface area contributed by atoms with Crippen LogP contribution in [0.4, 0.5) is 0 Å². The van der Waals surface area contributed by atoms with Gasteiger partial charge in [-0.05, 0) is 6.07 Å². The van der Waals surface area contributed by atoms with Crippen molar-refractivity contribution in [2.75, 3.05) is 5.75 Å². The van der Waals surface area contributed by atoms with E-state index in [1.54, 1.807) is 18.2 Å². The molecular weight excluding hydrogens is 264 g/mol. The van der Waals surface area contributed by atoms with Crippen LogP contribution in [0.15, 0.2) is 24.3 Å². The molecular formula is C13H12N2O3S. The fourth-order valence-electron chi connectivity index (χ4n) is 2.31. The Labute approximate surface area is 110 Å². The molecule has 1 aliphatic heterocycles. The monoisotopic (exact) mass is 276 g/mol. The van der Waals surface area contributed by atoms with Crippen LogP contribution in [0.2, 0.25) is 0 Å². The first-order valence-corrected chi connectivity index (χ1v) is 7.73. The van der Waals surface area contributed by atoms with Gasteiger partial charge < -0.3 is 0 Å². The van der Waals surface area contributed by atoms with Crippen molar-refractivity contribution in [3.63, 3.8) is 0 Å². The van der Waals surface area contributed by atoms with Crippen LogP contribution in [0.1, 0.15) is 21.6 Å². The summed E-state index contributed by atoms with van der Waals surface area (Å²) >= 11 is 0. The molecule has 0 bridgehead atoms. The van der Waals surface area contributed by atoms with Crippen LogP contribution in [0.3, 0.4) is 0 Å². The third-order valence-corrected chi connectivity index (χ3v) is 4.83. The molecule has 0 radical (unpaired) electrons. The number of rotatable bonds is 2. The molecule has 5 nitrogen and oxygen atoms in total.